The molecule has 3 rings (SSSR count). The van der Waals surface area contributed by atoms with Crippen LogP contribution in [0.15, 0.2) is 46.9 Å². The van der Waals surface area contributed by atoms with E-state index in [1.165, 1.54) is 16.8 Å². The fourth-order valence-corrected chi connectivity index (χ4v) is 2.61. The minimum Gasteiger partial charge on any atom is -0.368 e. The van der Waals surface area contributed by atoms with Crippen LogP contribution in [0.5, 0.6) is 0 Å². The zero-order valence-corrected chi connectivity index (χ0v) is 13.1. The molecule has 0 saturated carbocycles. The van der Waals surface area contributed by atoms with Gasteiger partial charge in [0.1, 0.15) is 5.82 Å². The zero-order chi connectivity index (χ0) is 15.7. The molecule has 7 heteroatoms. The molecule has 0 aliphatic heterocycles. The highest BCUT2D eigenvalue weighted by Crippen LogP contribution is 2.19. The second-order valence-corrected chi connectivity index (χ2v) is 5.61. The van der Waals surface area contributed by atoms with Gasteiger partial charge in [-0.2, -0.15) is 0 Å². The van der Waals surface area contributed by atoms with E-state index in [-0.39, 0.29) is 17.3 Å². The quantitative estimate of drug-likeness (QED) is 0.670. The first-order valence-electron chi connectivity index (χ1n) is 6.56. The molecule has 22 heavy (non-hydrogen) atoms. The summed E-state index contributed by atoms with van der Waals surface area (Å²) in [6.45, 7) is 0.405. The first-order valence-corrected chi connectivity index (χ1v) is 7.35. The average Bonchev–Trinajstić information content (AvgIpc) is 2.50. The molecule has 0 radical (unpaired) electrons. The smallest absolute Gasteiger partial charge is 0.221 e. The second kappa shape index (κ2) is 5.76. The van der Waals surface area contributed by atoms with Crippen LogP contribution in [-0.2, 0) is 6.54 Å². The molecule has 0 amide bonds. The minimum absolute atomic E-state index is 0.187. The van der Waals surface area contributed by atoms with Gasteiger partial charge >= 0.3 is 0 Å². The summed E-state index contributed by atoms with van der Waals surface area (Å²) in [6, 6.07) is 11.6. The van der Waals surface area contributed by atoms with Crippen LogP contribution in [0.1, 0.15) is 5.56 Å². The van der Waals surface area contributed by atoms with Crippen molar-refractivity contribution >= 4 is 32.8 Å². The molecule has 0 aliphatic rings. The molecule has 0 unspecified atom stereocenters. The van der Waals surface area contributed by atoms with Crippen LogP contribution < -0.4 is 16.6 Å². The lowest BCUT2D eigenvalue weighted by Crippen LogP contribution is -2.32. The SMILES string of the molecule is N=c1c2cccc(Br)c2nc(N)n1NCc1ccc(F)cc1. The largest absolute Gasteiger partial charge is 0.368 e. The first-order chi connectivity index (χ1) is 10.6. The van der Waals surface area contributed by atoms with Gasteiger partial charge in [0.15, 0.2) is 5.49 Å². The Balaban J connectivity index is 1.97. The van der Waals surface area contributed by atoms with E-state index in [0.717, 1.165) is 10.0 Å². The molecule has 1 aromatic heterocycles. The van der Waals surface area contributed by atoms with Gasteiger partial charge in [-0.05, 0) is 45.8 Å². The number of nitrogens with two attached hydrogens (primary N) is 1. The highest BCUT2D eigenvalue weighted by atomic mass is 79.9. The lowest BCUT2D eigenvalue weighted by atomic mass is 10.2. The molecule has 0 aliphatic carbocycles. The standard InChI is InChI=1S/C15H13BrFN5/c16-12-3-1-2-11-13(12)21-15(19)22(14(11)18)20-8-9-4-6-10(17)7-5-9/h1-7,18,20H,8H2,(H2,19,21). The molecule has 112 valence electrons. The lowest BCUT2D eigenvalue weighted by molar-refractivity contribution is 0.627. The van der Waals surface area contributed by atoms with Gasteiger partial charge < -0.3 is 11.2 Å². The van der Waals surface area contributed by atoms with E-state index in [0.29, 0.717) is 17.4 Å². The number of nitrogens with one attached hydrogen (secondary N) is 2. The van der Waals surface area contributed by atoms with Crippen LogP contribution in [0.3, 0.4) is 0 Å². The van der Waals surface area contributed by atoms with Crippen molar-refractivity contribution in [1.29, 1.82) is 5.41 Å². The third-order valence-electron chi connectivity index (χ3n) is 3.28. The van der Waals surface area contributed by atoms with E-state index >= 15 is 0 Å². The van der Waals surface area contributed by atoms with Crippen LogP contribution in [0.4, 0.5) is 10.3 Å². The minimum atomic E-state index is -0.283. The zero-order valence-electron chi connectivity index (χ0n) is 11.5. The summed E-state index contributed by atoms with van der Waals surface area (Å²) in [4.78, 5) is 4.31. The molecule has 4 N–H and O–H groups in total. The van der Waals surface area contributed by atoms with Crippen LogP contribution in [-0.4, -0.2) is 9.66 Å². The summed E-state index contributed by atoms with van der Waals surface area (Å²) in [7, 11) is 0. The summed E-state index contributed by atoms with van der Waals surface area (Å²) in [5.41, 5.74) is 10.7. The number of nitrogen functional groups attached to an aromatic ring is 1. The Morgan fingerprint density at radius 1 is 1.23 bits per heavy atom. The number of halogens is 2. The molecule has 1 heterocycles. The van der Waals surface area contributed by atoms with Gasteiger partial charge in [0.05, 0.1) is 12.1 Å². The van der Waals surface area contributed by atoms with E-state index in [1.807, 2.05) is 18.2 Å². The molecular formula is C15H13BrFN5. The Kier molecular flexibility index (Phi) is 3.81. The number of anilines is 1. The van der Waals surface area contributed by atoms with Gasteiger partial charge in [0.25, 0.3) is 0 Å². The van der Waals surface area contributed by atoms with Crippen LogP contribution in [0.25, 0.3) is 10.9 Å². The summed E-state index contributed by atoms with van der Waals surface area (Å²) in [5, 5.41) is 8.95. The van der Waals surface area contributed by atoms with Crippen LogP contribution in [0.2, 0.25) is 0 Å². The molecule has 0 atom stereocenters. The normalized spacial score (nSPS) is 10.8. The van der Waals surface area contributed by atoms with Crippen LogP contribution in [0, 0.1) is 11.2 Å². The Morgan fingerprint density at radius 2 is 1.95 bits per heavy atom. The molecule has 0 fully saturated rings. The van der Waals surface area contributed by atoms with Crippen molar-refractivity contribution in [3.63, 3.8) is 0 Å². The number of rotatable bonds is 3. The van der Waals surface area contributed by atoms with Crippen molar-refractivity contribution in [2.75, 3.05) is 11.2 Å². The molecule has 0 spiro atoms. The van der Waals surface area contributed by atoms with Gasteiger partial charge in [-0.25, -0.2) is 14.1 Å². The number of para-hydroxylation sites is 1. The fourth-order valence-electron chi connectivity index (χ4n) is 2.15. The third-order valence-corrected chi connectivity index (χ3v) is 3.92. The molecule has 5 nitrogen and oxygen atoms in total. The van der Waals surface area contributed by atoms with Crippen molar-refractivity contribution in [1.82, 2.24) is 9.66 Å². The Morgan fingerprint density at radius 3 is 2.68 bits per heavy atom. The molecular weight excluding hydrogens is 349 g/mol. The Labute approximate surface area is 134 Å². The van der Waals surface area contributed by atoms with Gasteiger partial charge in [0.2, 0.25) is 5.95 Å². The van der Waals surface area contributed by atoms with E-state index in [2.05, 4.69) is 26.3 Å². The van der Waals surface area contributed by atoms with Crippen LogP contribution >= 0.6 is 15.9 Å². The number of fused-ring (bicyclic) bond motifs is 1. The first kappa shape index (κ1) is 14.5. The van der Waals surface area contributed by atoms with E-state index in [1.54, 1.807) is 12.1 Å². The Bertz CT molecular complexity index is 889. The number of aromatic nitrogens is 2. The maximum atomic E-state index is 12.9. The average molecular weight is 362 g/mol. The Hall–Kier alpha value is -2.41. The predicted molar refractivity (Wildman–Crippen MR) is 87.2 cm³/mol. The van der Waals surface area contributed by atoms with Crippen molar-refractivity contribution in [3.8, 4) is 0 Å². The van der Waals surface area contributed by atoms with E-state index in [9.17, 15) is 4.39 Å². The monoisotopic (exact) mass is 361 g/mol. The molecule has 3 aromatic rings. The maximum absolute atomic E-state index is 12.9. The summed E-state index contributed by atoms with van der Waals surface area (Å²) >= 11 is 3.41. The van der Waals surface area contributed by atoms with Crippen molar-refractivity contribution in [3.05, 3.63) is 63.8 Å². The number of hydrogen-bond donors (Lipinski definition) is 3. The summed E-state index contributed by atoms with van der Waals surface area (Å²) in [6.07, 6.45) is 0. The highest BCUT2D eigenvalue weighted by Gasteiger charge is 2.08. The maximum Gasteiger partial charge on any atom is 0.221 e. The fraction of sp³-hybridized carbons (Fsp3) is 0.0667. The van der Waals surface area contributed by atoms with E-state index < -0.39 is 0 Å². The van der Waals surface area contributed by atoms with Crippen molar-refractivity contribution < 1.29 is 4.39 Å². The van der Waals surface area contributed by atoms with Gasteiger partial charge in [-0.15, -0.1) is 0 Å². The summed E-state index contributed by atoms with van der Waals surface area (Å²) < 4.78 is 15.1. The predicted octanol–water partition coefficient (Wildman–Crippen LogP) is 2.74. The lowest BCUT2D eigenvalue weighted by Gasteiger charge is -2.14. The molecule has 2 aromatic carbocycles. The highest BCUT2D eigenvalue weighted by molar-refractivity contribution is 9.10. The third kappa shape index (κ3) is 2.67. The van der Waals surface area contributed by atoms with Gasteiger partial charge in [-0.3, -0.25) is 5.41 Å². The van der Waals surface area contributed by atoms with Gasteiger partial charge in [0, 0.05) is 9.86 Å². The van der Waals surface area contributed by atoms with Crippen molar-refractivity contribution in [2.24, 2.45) is 0 Å². The van der Waals surface area contributed by atoms with E-state index in [4.69, 9.17) is 11.1 Å². The molecule has 0 saturated heterocycles. The second-order valence-electron chi connectivity index (χ2n) is 4.75. The number of hydrogen-bond acceptors (Lipinski definition) is 4. The topological polar surface area (TPSA) is 79.7 Å². The number of nitrogens with zero attached hydrogens (tertiary/aromatic N) is 2. The summed E-state index contributed by atoms with van der Waals surface area (Å²) in [5.74, 6) is -0.0965. The molecule has 0 bridgehead atoms. The van der Waals surface area contributed by atoms with Gasteiger partial charge in [-0.1, -0.05) is 18.2 Å². The van der Waals surface area contributed by atoms with Crippen molar-refractivity contribution in [2.45, 2.75) is 6.54 Å². The number of benzene rings is 2.